The standard InChI is InChI=1S/C10H17NO3S/c1-7-9(4-5-15(7,13)14)11-10(12)6-8-2-3-8/h7-9H,2-6H2,1H3,(H,11,12)/t7-,9-/m0/s1. The molecule has 0 radical (unpaired) electrons. The van der Waals surface area contributed by atoms with Crippen LogP contribution in [0.15, 0.2) is 0 Å². The van der Waals surface area contributed by atoms with Gasteiger partial charge in [-0.3, -0.25) is 4.79 Å². The molecule has 2 rings (SSSR count). The van der Waals surface area contributed by atoms with Crippen molar-refractivity contribution in [3.63, 3.8) is 0 Å². The topological polar surface area (TPSA) is 63.2 Å². The van der Waals surface area contributed by atoms with Crippen LogP contribution in [0.4, 0.5) is 0 Å². The first-order valence-electron chi connectivity index (χ1n) is 5.50. The second-order valence-corrected chi connectivity index (χ2v) is 7.16. The molecule has 0 aromatic heterocycles. The Morgan fingerprint density at radius 1 is 1.33 bits per heavy atom. The Balaban J connectivity index is 1.87. The summed E-state index contributed by atoms with van der Waals surface area (Å²) in [7, 11) is -2.95. The van der Waals surface area contributed by atoms with Gasteiger partial charge in [0, 0.05) is 12.5 Å². The van der Waals surface area contributed by atoms with Crippen LogP contribution in [0.5, 0.6) is 0 Å². The Kier molecular flexibility index (Phi) is 2.75. The summed E-state index contributed by atoms with van der Waals surface area (Å²) in [4.78, 5) is 11.5. The molecule has 1 aliphatic carbocycles. The molecule has 2 atom stereocenters. The molecule has 2 aliphatic rings. The largest absolute Gasteiger partial charge is 0.352 e. The summed E-state index contributed by atoms with van der Waals surface area (Å²) in [6, 6.07) is -0.166. The molecule has 1 N–H and O–H groups in total. The quantitative estimate of drug-likeness (QED) is 0.768. The van der Waals surface area contributed by atoms with E-state index in [1.807, 2.05) is 0 Å². The van der Waals surface area contributed by atoms with Gasteiger partial charge in [-0.2, -0.15) is 0 Å². The Labute approximate surface area is 90.3 Å². The summed E-state index contributed by atoms with van der Waals surface area (Å²) in [6.07, 6.45) is 3.43. The van der Waals surface area contributed by atoms with Gasteiger partial charge in [-0.1, -0.05) is 0 Å². The lowest BCUT2D eigenvalue weighted by Gasteiger charge is -2.15. The summed E-state index contributed by atoms with van der Waals surface area (Å²) in [5.41, 5.74) is 0. The lowest BCUT2D eigenvalue weighted by molar-refractivity contribution is -0.122. The van der Waals surface area contributed by atoms with E-state index in [9.17, 15) is 13.2 Å². The molecular weight excluding hydrogens is 214 g/mol. The summed E-state index contributed by atoms with van der Waals surface area (Å²) in [5.74, 6) is 0.785. The van der Waals surface area contributed by atoms with Gasteiger partial charge < -0.3 is 5.32 Å². The minimum Gasteiger partial charge on any atom is -0.352 e. The lowest BCUT2D eigenvalue weighted by atomic mass is 10.1. The van der Waals surface area contributed by atoms with Crippen molar-refractivity contribution in [2.24, 2.45) is 5.92 Å². The van der Waals surface area contributed by atoms with Gasteiger partial charge in [0.05, 0.1) is 11.0 Å². The fourth-order valence-corrected chi connectivity index (χ4v) is 3.66. The van der Waals surface area contributed by atoms with Gasteiger partial charge >= 0.3 is 0 Å². The summed E-state index contributed by atoms with van der Waals surface area (Å²) in [6.45, 7) is 1.68. The second-order valence-electron chi connectivity index (χ2n) is 4.68. The van der Waals surface area contributed by atoms with Crippen LogP contribution in [0.1, 0.15) is 32.6 Å². The molecule has 86 valence electrons. The summed E-state index contributed by atoms with van der Waals surface area (Å²) >= 11 is 0. The fraction of sp³-hybridized carbons (Fsp3) is 0.900. The average Bonchev–Trinajstić information content (AvgIpc) is 2.90. The van der Waals surface area contributed by atoms with E-state index < -0.39 is 15.1 Å². The average molecular weight is 231 g/mol. The molecule has 1 aliphatic heterocycles. The molecule has 1 saturated carbocycles. The lowest BCUT2D eigenvalue weighted by Crippen LogP contribution is -2.40. The van der Waals surface area contributed by atoms with Gasteiger partial charge in [0.15, 0.2) is 9.84 Å². The van der Waals surface area contributed by atoms with Crippen molar-refractivity contribution < 1.29 is 13.2 Å². The molecule has 0 aromatic rings. The third-order valence-electron chi connectivity index (χ3n) is 3.36. The maximum atomic E-state index is 11.5. The van der Waals surface area contributed by atoms with Gasteiger partial charge in [0.2, 0.25) is 5.91 Å². The molecule has 1 amide bonds. The highest BCUT2D eigenvalue weighted by atomic mass is 32.2. The highest BCUT2D eigenvalue weighted by Gasteiger charge is 2.37. The van der Waals surface area contributed by atoms with E-state index in [4.69, 9.17) is 0 Å². The van der Waals surface area contributed by atoms with E-state index in [0.29, 0.717) is 18.8 Å². The number of nitrogens with one attached hydrogen (secondary N) is 1. The monoisotopic (exact) mass is 231 g/mol. The third kappa shape index (κ3) is 2.51. The third-order valence-corrected chi connectivity index (χ3v) is 5.63. The van der Waals surface area contributed by atoms with Crippen LogP contribution >= 0.6 is 0 Å². The Bertz CT molecular complexity index is 359. The number of sulfone groups is 1. The Hall–Kier alpha value is -0.580. The number of hydrogen-bond acceptors (Lipinski definition) is 3. The number of hydrogen-bond donors (Lipinski definition) is 1. The smallest absolute Gasteiger partial charge is 0.220 e. The van der Waals surface area contributed by atoms with E-state index in [1.54, 1.807) is 6.92 Å². The molecule has 4 nitrogen and oxygen atoms in total. The van der Waals surface area contributed by atoms with Gasteiger partial charge in [-0.05, 0) is 32.1 Å². The number of amides is 1. The fourth-order valence-electron chi connectivity index (χ4n) is 2.00. The van der Waals surface area contributed by atoms with E-state index >= 15 is 0 Å². The molecule has 0 aromatic carbocycles. The van der Waals surface area contributed by atoms with Crippen LogP contribution in [0.3, 0.4) is 0 Å². The molecule has 0 bridgehead atoms. The first-order chi connectivity index (χ1) is 6.99. The molecular formula is C10H17NO3S. The first kappa shape index (κ1) is 10.9. The van der Waals surface area contributed by atoms with Gasteiger partial charge in [0.1, 0.15) is 0 Å². The molecule has 1 heterocycles. The van der Waals surface area contributed by atoms with Crippen molar-refractivity contribution in [2.75, 3.05) is 5.75 Å². The zero-order valence-electron chi connectivity index (χ0n) is 8.90. The van der Waals surface area contributed by atoms with E-state index in [2.05, 4.69) is 5.32 Å². The summed E-state index contributed by atoms with van der Waals surface area (Å²) < 4.78 is 22.9. The molecule has 1 saturated heterocycles. The normalized spacial score (nSPS) is 33.9. The van der Waals surface area contributed by atoms with E-state index in [0.717, 1.165) is 12.8 Å². The van der Waals surface area contributed by atoms with Crippen LogP contribution in [-0.4, -0.2) is 31.4 Å². The number of carbonyl (C=O) groups is 1. The van der Waals surface area contributed by atoms with E-state index in [-0.39, 0.29) is 17.7 Å². The van der Waals surface area contributed by atoms with Crippen LogP contribution in [0, 0.1) is 5.92 Å². The van der Waals surface area contributed by atoms with Gasteiger partial charge in [-0.25, -0.2) is 8.42 Å². The second kappa shape index (κ2) is 3.77. The van der Waals surface area contributed by atoms with Crippen molar-refractivity contribution in [3.8, 4) is 0 Å². The van der Waals surface area contributed by atoms with Gasteiger partial charge in [-0.15, -0.1) is 0 Å². The van der Waals surface area contributed by atoms with Crippen molar-refractivity contribution >= 4 is 15.7 Å². The van der Waals surface area contributed by atoms with Crippen molar-refractivity contribution in [1.29, 1.82) is 0 Å². The maximum Gasteiger partial charge on any atom is 0.220 e. The zero-order valence-corrected chi connectivity index (χ0v) is 9.72. The van der Waals surface area contributed by atoms with Crippen molar-refractivity contribution in [3.05, 3.63) is 0 Å². The minimum atomic E-state index is -2.95. The molecule has 15 heavy (non-hydrogen) atoms. The predicted molar refractivity (Wildman–Crippen MR) is 57.1 cm³/mol. The predicted octanol–water partition coefficient (Wildman–Crippen LogP) is 0.478. The Morgan fingerprint density at radius 3 is 2.47 bits per heavy atom. The van der Waals surface area contributed by atoms with Crippen molar-refractivity contribution in [2.45, 2.75) is 43.9 Å². The summed E-state index contributed by atoms with van der Waals surface area (Å²) in [5, 5.41) is 2.42. The van der Waals surface area contributed by atoms with Crippen LogP contribution in [-0.2, 0) is 14.6 Å². The highest BCUT2D eigenvalue weighted by Crippen LogP contribution is 2.32. The van der Waals surface area contributed by atoms with Gasteiger partial charge in [0.25, 0.3) is 0 Å². The van der Waals surface area contributed by atoms with Crippen LogP contribution in [0.2, 0.25) is 0 Å². The molecule has 0 spiro atoms. The molecule has 5 heteroatoms. The first-order valence-corrected chi connectivity index (χ1v) is 7.21. The van der Waals surface area contributed by atoms with E-state index in [1.165, 1.54) is 0 Å². The zero-order chi connectivity index (χ0) is 11.1. The minimum absolute atomic E-state index is 0.0199. The molecule has 2 fully saturated rings. The van der Waals surface area contributed by atoms with Crippen LogP contribution < -0.4 is 5.32 Å². The van der Waals surface area contributed by atoms with Crippen molar-refractivity contribution in [1.82, 2.24) is 5.32 Å². The Morgan fingerprint density at radius 2 is 2.00 bits per heavy atom. The number of rotatable bonds is 3. The SMILES string of the molecule is C[C@H]1[C@@H](NC(=O)CC2CC2)CCS1(=O)=O. The van der Waals surface area contributed by atoms with Crippen LogP contribution in [0.25, 0.3) is 0 Å². The maximum absolute atomic E-state index is 11.5. The number of carbonyl (C=O) groups excluding carboxylic acids is 1. The molecule has 0 unspecified atom stereocenters. The highest BCUT2D eigenvalue weighted by molar-refractivity contribution is 7.92.